The monoisotopic (exact) mass is 395 g/mol. The molecule has 7 heteroatoms. The van der Waals surface area contributed by atoms with E-state index in [2.05, 4.69) is 10.4 Å². The largest absolute Gasteiger partial charge is 0.435 e. The van der Waals surface area contributed by atoms with E-state index < -0.39 is 11.9 Å². The summed E-state index contributed by atoms with van der Waals surface area (Å²) in [5.74, 6) is 2.22. The van der Waals surface area contributed by atoms with Crippen LogP contribution in [-0.4, -0.2) is 22.2 Å². The third kappa shape index (κ3) is 3.05. The number of halogens is 3. The van der Waals surface area contributed by atoms with Gasteiger partial charge in [-0.1, -0.05) is 0 Å². The molecule has 4 fully saturated rings. The van der Waals surface area contributed by atoms with Crippen LogP contribution >= 0.6 is 0 Å². The van der Waals surface area contributed by atoms with Crippen molar-refractivity contribution in [1.29, 1.82) is 0 Å². The Morgan fingerprint density at radius 3 is 2.29 bits per heavy atom. The number of carbonyl (C=O) groups excluding carboxylic acids is 1. The number of fused-ring (bicyclic) bond motifs is 1. The molecule has 0 radical (unpaired) electrons. The van der Waals surface area contributed by atoms with Gasteiger partial charge in [-0.15, -0.1) is 0 Å². The van der Waals surface area contributed by atoms with Crippen LogP contribution in [0.15, 0.2) is 0 Å². The minimum Gasteiger partial charge on any atom is -0.354 e. The highest BCUT2D eigenvalue weighted by atomic mass is 19.4. The van der Waals surface area contributed by atoms with Gasteiger partial charge in [-0.2, -0.15) is 18.3 Å². The fraction of sp³-hybridized carbons (Fsp3) is 0.810. The lowest BCUT2D eigenvalue weighted by Gasteiger charge is -2.55. The standard InChI is InChI=1S/C21H28F3N3O/c22-21(23,24)18-16-3-1-2-4-17(16)27(26-18)6-5-25-19(28)20-10-13-7-14(11-20)9-15(8-13)12-20/h13-15H,1-12H2,(H,25,28). The van der Waals surface area contributed by atoms with Gasteiger partial charge < -0.3 is 5.32 Å². The first-order valence-electron chi connectivity index (χ1n) is 10.8. The topological polar surface area (TPSA) is 46.9 Å². The number of amides is 1. The predicted octanol–water partition coefficient (Wildman–Crippen LogP) is 4.11. The summed E-state index contributed by atoms with van der Waals surface area (Å²) in [6.45, 7) is 0.669. The van der Waals surface area contributed by atoms with E-state index in [1.165, 1.54) is 23.9 Å². The maximum Gasteiger partial charge on any atom is 0.435 e. The van der Waals surface area contributed by atoms with Crippen LogP contribution in [0.4, 0.5) is 13.2 Å². The average Bonchev–Trinajstić information content (AvgIpc) is 3.00. The van der Waals surface area contributed by atoms with E-state index >= 15 is 0 Å². The van der Waals surface area contributed by atoms with Crippen molar-refractivity contribution in [2.75, 3.05) is 6.54 Å². The normalized spacial score (nSPS) is 33.8. The second kappa shape index (κ2) is 6.49. The van der Waals surface area contributed by atoms with Gasteiger partial charge in [-0.3, -0.25) is 9.48 Å². The molecule has 0 atom stereocenters. The van der Waals surface area contributed by atoms with Gasteiger partial charge in [0, 0.05) is 23.2 Å². The number of aromatic nitrogens is 2. The lowest BCUT2D eigenvalue weighted by molar-refractivity contribution is -0.146. The first kappa shape index (κ1) is 18.5. The van der Waals surface area contributed by atoms with Crippen molar-refractivity contribution in [3.63, 3.8) is 0 Å². The van der Waals surface area contributed by atoms with Crippen LogP contribution in [0, 0.1) is 23.2 Å². The van der Waals surface area contributed by atoms with Crippen LogP contribution < -0.4 is 5.32 Å². The van der Waals surface area contributed by atoms with Crippen molar-refractivity contribution in [3.05, 3.63) is 17.0 Å². The quantitative estimate of drug-likeness (QED) is 0.834. The Bertz CT molecular complexity index is 747. The second-order valence-electron chi connectivity index (χ2n) is 9.66. The highest BCUT2D eigenvalue weighted by Gasteiger charge is 2.54. The van der Waals surface area contributed by atoms with Crippen LogP contribution in [0.5, 0.6) is 0 Å². The van der Waals surface area contributed by atoms with Crippen molar-refractivity contribution in [3.8, 4) is 0 Å². The molecule has 1 aromatic rings. The number of hydrogen-bond donors (Lipinski definition) is 1. The summed E-state index contributed by atoms with van der Waals surface area (Å²) in [7, 11) is 0. The molecule has 5 aliphatic carbocycles. The molecule has 6 rings (SSSR count). The smallest absolute Gasteiger partial charge is 0.354 e. The molecular weight excluding hydrogens is 367 g/mol. The average molecular weight is 395 g/mol. The van der Waals surface area contributed by atoms with Crippen molar-refractivity contribution in [1.82, 2.24) is 15.1 Å². The van der Waals surface area contributed by atoms with Crippen LogP contribution in [0.2, 0.25) is 0 Å². The number of nitrogens with one attached hydrogen (secondary N) is 1. The number of nitrogens with zero attached hydrogens (tertiary/aromatic N) is 2. The number of alkyl halides is 3. The van der Waals surface area contributed by atoms with Gasteiger partial charge in [0.05, 0.1) is 6.54 Å². The summed E-state index contributed by atoms with van der Waals surface area (Å²) in [5, 5.41) is 6.95. The van der Waals surface area contributed by atoms with Crippen LogP contribution in [0.1, 0.15) is 68.3 Å². The third-order valence-electron chi connectivity index (χ3n) is 7.65. The Kier molecular flexibility index (Phi) is 4.29. The van der Waals surface area contributed by atoms with Crippen molar-refractivity contribution in [2.24, 2.45) is 23.2 Å². The maximum absolute atomic E-state index is 13.3. The fourth-order valence-electron chi connectivity index (χ4n) is 6.94. The van der Waals surface area contributed by atoms with Crippen LogP contribution in [0.25, 0.3) is 0 Å². The Labute approximate surface area is 163 Å². The van der Waals surface area contributed by atoms with E-state index in [1.54, 1.807) is 0 Å². The highest BCUT2D eigenvalue weighted by Crippen LogP contribution is 2.60. The molecule has 0 aliphatic heterocycles. The van der Waals surface area contributed by atoms with E-state index in [0.717, 1.165) is 32.1 Å². The minimum absolute atomic E-state index is 0.128. The Balaban J connectivity index is 1.26. The van der Waals surface area contributed by atoms with Gasteiger partial charge in [0.1, 0.15) is 0 Å². The molecule has 4 bridgehead atoms. The molecule has 1 N–H and O–H groups in total. The van der Waals surface area contributed by atoms with E-state index in [0.29, 0.717) is 54.9 Å². The Morgan fingerprint density at radius 1 is 1.07 bits per heavy atom. The molecule has 4 nitrogen and oxygen atoms in total. The van der Waals surface area contributed by atoms with Gasteiger partial charge in [-0.05, 0) is 82.0 Å². The zero-order valence-electron chi connectivity index (χ0n) is 16.2. The summed E-state index contributed by atoms with van der Waals surface area (Å²) in [6.07, 6.45) is 5.21. The first-order chi connectivity index (χ1) is 13.3. The zero-order chi connectivity index (χ0) is 19.5. The van der Waals surface area contributed by atoms with Gasteiger partial charge in [0.15, 0.2) is 5.69 Å². The molecule has 0 unspecified atom stereocenters. The van der Waals surface area contributed by atoms with Gasteiger partial charge in [0.25, 0.3) is 0 Å². The molecule has 1 heterocycles. The van der Waals surface area contributed by atoms with Gasteiger partial charge in [-0.25, -0.2) is 0 Å². The Morgan fingerprint density at radius 2 is 1.68 bits per heavy atom. The molecule has 5 aliphatic rings. The first-order valence-corrected chi connectivity index (χ1v) is 10.8. The SMILES string of the molecule is O=C(NCCn1nc(C(F)(F)F)c2c1CCCC2)C12CC3CC(CC(C3)C1)C2. The number of hydrogen-bond acceptors (Lipinski definition) is 2. The summed E-state index contributed by atoms with van der Waals surface area (Å²) >= 11 is 0. The Hall–Kier alpha value is -1.53. The van der Waals surface area contributed by atoms with Crippen LogP contribution in [0.3, 0.4) is 0 Å². The molecule has 0 saturated heterocycles. The van der Waals surface area contributed by atoms with Crippen molar-refractivity contribution in [2.45, 2.75) is 76.9 Å². The fourth-order valence-corrected chi connectivity index (χ4v) is 6.94. The van der Waals surface area contributed by atoms with Crippen LogP contribution in [-0.2, 0) is 30.4 Å². The molecule has 1 amide bonds. The maximum atomic E-state index is 13.3. The van der Waals surface area contributed by atoms with E-state index in [-0.39, 0.29) is 11.3 Å². The van der Waals surface area contributed by atoms with Gasteiger partial charge >= 0.3 is 6.18 Å². The number of rotatable bonds is 4. The van der Waals surface area contributed by atoms with E-state index in [1.807, 2.05) is 0 Å². The zero-order valence-corrected chi connectivity index (χ0v) is 16.2. The second-order valence-corrected chi connectivity index (χ2v) is 9.66. The minimum atomic E-state index is -4.41. The number of carbonyl (C=O) groups is 1. The molecule has 4 saturated carbocycles. The van der Waals surface area contributed by atoms with Crippen molar-refractivity contribution < 1.29 is 18.0 Å². The molecule has 0 aromatic carbocycles. The summed E-state index contributed by atoms with van der Waals surface area (Å²) in [5.41, 5.74) is 0.137. The predicted molar refractivity (Wildman–Crippen MR) is 97.5 cm³/mol. The summed E-state index contributed by atoms with van der Waals surface area (Å²) in [4.78, 5) is 13.0. The molecule has 154 valence electrons. The lowest BCUT2D eigenvalue weighted by atomic mass is 9.49. The van der Waals surface area contributed by atoms with Gasteiger partial charge in [0.2, 0.25) is 5.91 Å². The highest BCUT2D eigenvalue weighted by molar-refractivity contribution is 5.83. The van der Waals surface area contributed by atoms with E-state index in [9.17, 15) is 18.0 Å². The molecule has 0 spiro atoms. The summed E-state index contributed by atoms with van der Waals surface area (Å²) in [6, 6.07) is 0. The van der Waals surface area contributed by atoms with E-state index in [4.69, 9.17) is 0 Å². The molecule has 28 heavy (non-hydrogen) atoms. The summed E-state index contributed by atoms with van der Waals surface area (Å²) < 4.78 is 41.4. The van der Waals surface area contributed by atoms with Crippen molar-refractivity contribution >= 4 is 5.91 Å². The third-order valence-corrected chi connectivity index (χ3v) is 7.65. The molecule has 1 aromatic heterocycles. The lowest BCUT2D eigenvalue weighted by Crippen LogP contribution is -2.53. The molecular formula is C21H28F3N3O.